The average Bonchev–Trinajstić information content (AvgIpc) is 3.51. The predicted octanol–water partition coefficient (Wildman–Crippen LogP) is 13.6. The number of hydrogen-bond donors (Lipinski definition) is 0. The largest absolute Gasteiger partial charge is 0.310 e. The van der Waals surface area contributed by atoms with Crippen LogP contribution >= 0.6 is 0 Å². The fraction of sp³-hybridized carbons (Fsp3) is 0.0612. The number of rotatable bonds is 6. The van der Waals surface area contributed by atoms with E-state index in [2.05, 4.69) is 0 Å². The molecule has 1 aliphatic rings. The van der Waals surface area contributed by atoms with Crippen molar-refractivity contribution in [3.05, 3.63) is 199 Å². The molecule has 0 saturated heterocycles. The first-order valence-corrected chi connectivity index (χ1v) is 16.5. The molecular weight excluding hydrogens is 603 g/mol. The van der Waals surface area contributed by atoms with E-state index < -0.39 is 95.0 Å². The van der Waals surface area contributed by atoms with Gasteiger partial charge in [-0.2, -0.15) is 0 Å². The molecule has 0 bridgehead atoms. The summed E-state index contributed by atoms with van der Waals surface area (Å²) in [6, 6.07) is 27.7. The van der Waals surface area contributed by atoms with Crippen LogP contribution in [0.15, 0.2) is 188 Å². The molecule has 9 rings (SSSR count). The maximum absolute atomic E-state index is 9.81. The van der Waals surface area contributed by atoms with Gasteiger partial charge in [0.15, 0.2) is 0 Å². The second kappa shape index (κ2) is 12.1. The van der Waals surface area contributed by atoms with Crippen LogP contribution in [0.2, 0.25) is 0 Å². The third kappa shape index (κ3) is 5.02. The van der Waals surface area contributed by atoms with Gasteiger partial charge in [0.1, 0.15) is 0 Å². The van der Waals surface area contributed by atoms with E-state index in [-0.39, 0.29) is 16.7 Å². The molecule has 0 heterocycles. The van der Waals surface area contributed by atoms with Gasteiger partial charge in [0.25, 0.3) is 0 Å². The van der Waals surface area contributed by atoms with Gasteiger partial charge in [0.05, 0.1) is 16.4 Å². The molecule has 238 valence electrons. The van der Waals surface area contributed by atoms with Crippen molar-refractivity contribution in [1.82, 2.24) is 0 Å². The van der Waals surface area contributed by atoms with Crippen LogP contribution in [-0.4, -0.2) is 0 Å². The number of hydrogen-bond acceptors (Lipinski definition) is 1. The van der Waals surface area contributed by atoms with Gasteiger partial charge in [-0.3, -0.25) is 0 Å². The minimum absolute atomic E-state index is 0.00302. The summed E-state index contributed by atoms with van der Waals surface area (Å²) >= 11 is 0. The third-order valence-electron chi connectivity index (χ3n) is 9.48. The number of nitrogens with zero attached hydrogens (tertiary/aromatic N) is 1. The van der Waals surface area contributed by atoms with Gasteiger partial charge >= 0.3 is 0 Å². The van der Waals surface area contributed by atoms with Crippen molar-refractivity contribution in [3.63, 3.8) is 0 Å². The molecule has 0 saturated carbocycles. The minimum Gasteiger partial charge on any atom is -0.310 e. The average molecular weight is 652 g/mol. The Morgan fingerprint density at radius 3 is 1.84 bits per heavy atom. The summed E-state index contributed by atoms with van der Waals surface area (Å²) in [4.78, 5) is 0.909. The topological polar surface area (TPSA) is 3.24 Å². The first-order chi connectivity index (χ1) is 29.6. The molecule has 0 spiro atoms. The summed E-state index contributed by atoms with van der Waals surface area (Å²) in [5, 5.41) is 1.41. The normalized spacial score (nSPS) is 16.1. The summed E-state index contributed by atoms with van der Waals surface area (Å²) in [5.41, 5.74) is 2.69. The molecule has 0 aromatic heterocycles. The van der Waals surface area contributed by atoms with Crippen LogP contribution in [0.5, 0.6) is 0 Å². The van der Waals surface area contributed by atoms with E-state index in [1.165, 1.54) is 0 Å². The zero-order valence-electron chi connectivity index (χ0n) is 39.4. The molecule has 8 aromatic rings. The monoisotopic (exact) mass is 651 g/mol. The second-order valence-corrected chi connectivity index (χ2v) is 12.8. The van der Waals surface area contributed by atoms with E-state index >= 15 is 0 Å². The highest BCUT2D eigenvalue weighted by Gasteiger charge is 2.37. The Morgan fingerprint density at radius 1 is 0.440 bits per heavy atom. The van der Waals surface area contributed by atoms with Gasteiger partial charge in [-0.25, -0.2) is 0 Å². The lowest BCUT2D eigenvalue weighted by atomic mass is 9.79. The molecule has 0 atom stereocenters. The van der Waals surface area contributed by atoms with Crippen LogP contribution in [-0.2, 0) is 5.41 Å². The van der Waals surface area contributed by atoms with Gasteiger partial charge < -0.3 is 4.90 Å². The van der Waals surface area contributed by atoms with Gasteiger partial charge in [-0.1, -0.05) is 165 Å². The predicted molar refractivity (Wildman–Crippen MR) is 213 cm³/mol. The van der Waals surface area contributed by atoms with Gasteiger partial charge in [-0.15, -0.1) is 0 Å². The Labute approximate surface area is 311 Å². The molecule has 0 aliphatic heterocycles. The molecule has 1 heteroatoms. The van der Waals surface area contributed by atoms with Crippen molar-refractivity contribution in [1.29, 1.82) is 0 Å². The molecule has 0 N–H and O–H groups in total. The number of anilines is 3. The lowest BCUT2D eigenvalue weighted by Crippen LogP contribution is -2.16. The summed E-state index contributed by atoms with van der Waals surface area (Å²) < 4.78 is 114. The van der Waals surface area contributed by atoms with E-state index in [1.807, 2.05) is 68.4 Å². The fourth-order valence-corrected chi connectivity index (χ4v) is 7.13. The molecule has 0 amide bonds. The van der Waals surface area contributed by atoms with E-state index in [4.69, 9.17) is 2.74 Å². The maximum Gasteiger partial charge on any atom is 0.0651 e. The standard InChI is InChI=1S/C49H37N/c1-49(2)47-24-9-8-20-45(47)46-23-12-22-44(48(46)49)37-27-31-40(32-28-37)50(39-29-25-35(26-30-39)34-13-4-3-5-14-34)41-18-10-17-38(33-41)43-21-11-16-36-15-6-7-19-42(36)43/h3-33H,1-2H3/i10D,17D,18D,25D,26D,27D,28D,29D,30D,31D,32D,33D. The highest BCUT2D eigenvalue weighted by atomic mass is 15.1. The van der Waals surface area contributed by atoms with Crippen molar-refractivity contribution in [2.24, 2.45) is 0 Å². The molecule has 0 unspecified atom stereocenters. The molecule has 1 nitrogen and oxygen atoms in total. The first kappa shape index (κ1) is 19.7. The summed E-state index contributed by atoms with van der Waals surface area (Å²) in [7, 11) is 0. The Morgan fingerprint density at radius 2 is 1.04 bits per heavy atom. The smallest absolute Gasteiger partial charge is 0.0651 e. The van der Waals surface area contributed by atoms with Crippen LogP contribution in [0.1, 0.15) is 41.4 Å². The minimum atomic E-state index is -0.714. The van der Waals surface area contributed by atoms with Crippen LogP contribution in [0.4, 0.5) is 17.1 Å². The van der Waals surface area contributed by atoms with E-state index in [0.717, 1.165) is 32.5 Å². The fourth-order valence-electron chi connectivity index (χ4n) is 7.13. The summed E-state index contributed by atoms with van der Waals surface area (Å²) in [6.07, 6.45) is 0. The van der Waals surface area contributed by atoms with Crippen molar-refractivity contribution < 1.29 is 16.4 Å². The van der Waals surface area contributed by atoms with Crippen molar-refractivity contribution in [2.45, 2.75) is 19.3 Å². The Kier molecular flexibility index (Phi) is 4.76. The van der Waals surface area contributed by atoms with Crippen molar-refractivity contribution in [3.8, 4) is 44.5 Å². The van der Waals surface area contributed by atoms with Crippen LogP contribution < -0.4 is 4.90 Å². The quantitative estimate of drug-likeness (QED) is 0.173. The SMILES string of the molecule is [2H]c1c([2H])c(-c2cccc3ccccc23)c([2H])c(N(c2c([2H])c([2H])c(-c3ccccc3)c([2H])c2[2H])c2c([2H])c([2H])c(-c3cccc4c3C(C)(C)c3ccccc3-4)c([2H])c2[2H])c1[2H]. The highest BCUT2D eigenvalue weighted by molar-refractivity contribution is 5.97. The zero-order valence-corrected chi connectivity index (χ0v) is 27.4. The van der Waals surface area contributed by atoms with Crippen LogP contribution in [0.25, 0.3) is 55.3 Å². The Balaban J connectivity index is 1.39. The number of fused-ring (bicyclic) bond motifs is 4. The molecule has 8 aromatic carbocycles. The Bertz CT molecular complexity index is 3130. The van der Waals surface area contributed by atoms with E-state index in [9.17, 15) is 13.7 Å². The Hall–Kier alpha value is -6.18. The lowest BCUT2D eigenvalue weighted by Gasteiger charge is -2.27. The lowest BCUT2D eigenvalue weighted by molar-refractivity contribution is 0.662. The summed E-state index contributed by atoms with van der Waals surface area (Å²) in [6.45, 7) is 4.09. The molecule has 0 fully saturated rings. The first-order valence-electron chi connectivity index (χ1n) is 22.5. The van der Waals surface area contributed by atoms with Gasteiger partial charge in [0.2, 0.25) is 0 Å². The number of benzene rings is 8. The summed E-state index contributed by atoms with van der Waals surface area (Å²) in [5.74, 6) is 0. The van der Waals surface area contributed by atoms with Gasteiger partial charge in [-0.05, 0) is 103 Å². The second-order valence-electron chi connectivity index (χ2n) is 12.8. The molecule has 50 heavy (non-hydrogen) atoms. The molecule has 1 aliphatic carbocycles. The molecular formula is C49H37N. The maximum atomic E-state index is 9.81. The van der Waals surface area contributed by atoms with Crippen LogP contribution in [0, 0.1) is 0 Å². The van der Waals surface area contributed by atoms with E-state index in [0.29, 0.717) is 22.1 Å². The molecule has 0 radical (unpaired) electrons. The van der Waals surface area contributed by atoms with Crippen LogP contribution in [0.3, 0.4) is 0 Å². The van der Waals surface area contributed by atoms with Gasteiger partial charge in [0, 0.05) is 22.5 Å². The van der Waals surface area contributed by atoms with Crippen molar-refractivity contribution in [2.75, 3.05) is 4.90 Å². The zero-order chi connectivity index (χ0) is 44.1. The van der Waals surface area contributed by atoms with E-state index in [1.54, 1.807) is 60.7 Å². The third-order valence-corrected chi connectivity index (χ3v) is 9.48. The highest BCUT2D eigenvalue weighted by Crippen LogP contribution is 2.52. The van der Waals surface area contributed by atoms with Crippen molar-refractivity contribution >= 4 is 27.8 Å².